The lowest BCUT2D eigenvalue weighted by Gasteiger charge is -2.35. The maximum absolute atomic E-state index is 5.65. The van der Waals surface area contributed by atoms with Crippen molar-refractivity contribution in [3.63, 3.8) is 0 Å². The zero-order valence-electron chi connectivity index (χ0n) is 44.4. The van der Waals surface area contributed by atoms with Crippen molar-refractivity contribution >= 4 is 0 Å². The Balaban J connectivity index is 0.000000211. The number of methoxy groups -OCH3 is 4. The fraction of sp³-hybridized carbons (Fsp3) is 0.600. The molecule has 4 atom stereocenters. The van der Waals surface area contributed by atoms with E-state index in [0.29, 0.717) is 23.7 Å². The maximum Gasteiger partial charge on any atom is 0.118 e. The molecule has 0 radical (unpaired) electrons. The fourth-order valence-corrected chi connectivity index (χ4v) is 11.1. The minimum absolute atomic E-state index is 0.572. The molecule has 12 heteroatoms. The van der Waals surface area contributed by atoms with Crippen LogP contribution >= 0.6 is 0 Å². The van der Waals surface area contributed by atoms with E-state index in [0.717, 1.165) is 180 Å². The topological polar surface area (TPSA) is 86.8 Å². The third-order valence-corrected chi connectivity index (χ3v) is 15.5. The van der Waals surface area contributed by atoms with Gasteiger partial charge in [-0.1, -0.05) is 48.5 Å². The van der Waals surface area contributed by atoms with Crippen molar-refractivity contribution in [1.29, 1.82) is 0 Å². The van der Waals surface area contributed by atoms with Crippen LogP contribution in [-0.4, -0.2) is 179 Å². The van der Waals surface area contributed by atoms with Gasteiger partial charge in [0.2, 0.25) is 0 Å². The van der Waals surface area contributed by atoms with Crippen molar-refractivity contribution in [3.05, 3.63) is 119 Å². The van der Waals surface area contributed by atoms with Crippen molar-refractivity contribution in [2.24, 2.45) is 23.7 Å². The van der Waals surface area contributed by atoms with Crippen LogP contribution in [0.2, 0.25) is 0 Å². The number of ether oxygens (including phenoxy) is 8. The molecule has 0 saturated carbocycles. The van der Waals surface area contributed by atoms with E-state index < -0.39 is 0 Å². The van der Waals surface area contributed by atoms with Crippen LogP contribution in [0, 0.1) is 23.7 Å². The van der Waals surface area contributed by atoms with Gasteiger partial charge >= 0.3 is 0 Å². The van der Waals surface area contributed by atoms with Gasteiger partial charge in [-0.2, -0.15) is 0 Å². The molecule has 4 aliphatic heterocycles. The van der Waals surface area contributed by atoms with E-state index in [9.17, 15) is 0 Å². The monoisotopic (exact) mass is 993 g/mol. The molecular weight excluding hydrogens is 905 g/mol. The van der Waals surface area contributed by atoms with Gasteiger partial charge in [-0.05, 0) is 159 Å². The minimum Gasteiger partial charge on any atom is -0.497 e. The minimum atomic E-state index is 0.572. The van der Waals surface area contributed by atoms with Crippen molar-refractivity contribution in [2.45, 2.75) is 51.4 Å². The lowest BCUT2D eigenvalue weighted by Crippen LogP contribution is -2.42. The molecule has 4 aromatic rings. The third-order valence-electron chi connectivity index (χ3n) is 15.5. The summed E-state index contributed by atoms with van der Waals surface area (Å²) < 4.78 is 44.0. The smallest absolute Gasteiger partial charge is 0.118 e. The van der Waals surface area contributed by atoms with Crippen LogP contribution in [0.15, 0.2) is 97.1 Å². The number of hydrogen-bond donors (Lipinski definition) is 0. The number of hydrogen-bond acceptors (Lipinski definition) is 12. The summed E-state index contributed by atoms with van der Waals surface area (Å²) in [5.41, 5.74) is 5.58. The molecular formula is C60H88N4O8. The summed E-state index contributed by atoms with van der Waals surface area (Å²) in [7, 11) is 6.93. The summed E-state index contributed by atoms with van der Waals surface area (Å²) in [6, 6.07) is 34.7. The van der Waals surface area contributed by atoms with Crippen molar-refractivity contribution in [2.75, 3.05) is 160 Å². The standard InChI is InChI=1S/2C30H44N2O4/c2*1-33-29-9-5-25(6-10-29)22-27(4-3-13-31-14-18-35-19-15-31)28(24-32-16-20-36-21-17-32)23-26-7-11-30(34-2)12-8-26/h2*5-12,27-28H,3-4,13-24H2,1-2H3/t2*27-,28+/m10/s1. The highest BCUT2D eigenvalue weighted by atomic mass is 16.5. The van der Waals surface area contributed by atoms with Crippen LogP contribution in [0.25, 0.3) is 0 Å². The second-order valence-corrected chi connectivity index (χ2v) is 20.3. The molecule has 0 unspecified atom stereocenters. The SMILES string of the molecule is COc1ccc(C[C@@H](CCCN2CCOCC2)[C@@H](Cc2ccc(OC)cc2)CN2CCOCC2)cc1.COc1ccc(C[C@H](CN2CCOCC2)[C@@H](CCCN2CCOCC2)Cc2ccc(OC)cc2)cc1. The first-order chi connectivity index (χ1) is 35.5. The summed E-state index contributed by atoms with van der Waals surface area (Å²) in [4.78, 5) is 10.4. The van der Waals surface area contributed by atoms with E-state index in [1.54, 1.807) is 28.4 Å². The number of nitrogens with zero attached hydrogens (tertiary/aromatic N) is 4. The summed E-state index contributed by atoms with van der Waals surface area (Å²) in [5.74, 6) is 6.03. The first-order valence-electron chi connectivity index (χ1n) is 27.2. The van der Waals surface area contributed by atoms with E-state index in [1.165, 1.54) is 47.9 Å². The third kappa shape index (κ3) is 19.2. The Hall–Kier alpha value is -4.24. The predicted molar refractivity (Wildman–Crippen MR) is 288 cm³/mol. The molecule has 4 fully saturated rings. The average Bonchev–Trinajstić information content (AvgIpc) is 3.44. The molecule has 8 rings (SSSR count). The Morgan fingerprint density at radius 2 is 0.569 bits per heavy atom. The van der Waals surface area contributed by atoms with E-state index >= 15 is 0 Å². The molecule has 0 aromatic heterocycles. The van der Waals surface area contributed by atoms with Crippen LogP contribution < -0.4 is 18.9 Å². The summed E-state index contributed by atoms with van der Waals surface area (Å²) in [6.45, 7) is 19.8. The number of rotatable bonds is 26. The highest BCUT2D eigenvalue weighted by Gasteiger charge is 2.28. The van der Waals surface area contributed by atoms with Crippen LogP contribution in [0.1, 0.15) is 47.9 Å². The lowest BCUT2D eigenvalue weighted by molar-refractivity contribution is 0.0236. The first-order valence-corrected chi connectivity index (χ1v) is 27.2. The molecule has 0 aliphatic carbocycles. The lowest BCUT2D eigenvalue weighted by atomic mass is 9.79. The normalized spacial score (nSPS) is 19.1. The summed E-state index contributed by atoms with van der Waals surface area (Å²) in [5, 5.41) is 0. The van der Waals surface area contributed by atoms with E-state index in [1.807, 2.05) is 0 Å². The van der Waals surface area contributed by atoms with Gasteiger partial charge in [-0.15, -0.1) is 0 Å². The van der Waals surface area contributed by atoms with Gasteiger partial charge in [-0.3, -0.25) is 19.6 Å². The molecule has 4 aliphatic rings. The van der Waals surface area contributed by atoms with Crippen molar-refractivity contribution < 1.29 is 37.9 Å². The molecule has 72 heavy (non-hydrogen) atoms. The van der Waals surface area contributed by atoms with Crippen LogP contribution in [0.4, 0.5) is 0 Å². The Morgan fingerprint density at radius 1 is 0.333 bits per heavy atom. The number of benzene rings is 4. The fourth-order valence-electron chi connectivity index (χ4n) is 11.1. The Kier molecular flexibility index (Phi) is 24.3. The average molecular weight is 993 g/mol. The van der Waals surface area contributed by atoms with Gasteiger partial charge in [0, 0.05) is 65.4 Å². The second-order valence-electron chi connectivity index (χ2n) is 20.3. The van der Waals surface area contributed by atoms with Gasteiger partial charge in [0.15, 0.2) is 0 Å². The molecule has 0 bridgehead atoms. The van der Waals surface area contributed by atoms with Crippen LogP contribution in [0.5, 0.6) is 23.0 Å². The molecule has 396 valence electrons. The van der Waals surface area contributed by atoms with E-state index in [4.69, 9.17) is 37.9 Å². The predicted octanol–water partition coefficient (Wildman–Crippen LogP) is 8.33. The highest BCUT2D eigenvalue weighted by Crippen LogP contribution is 2.31. The highest BCUT2D eigenvalue weighted by molar-refractivity contribution is 5.31. The van der Waals surface area contributed by atoms with Gasteiger partial charge in [0.1, 0.15) is 23.0 Å². The Morgan fingerprint density at radius 3 is 0.819 bits per heavy atom. The van der Waals surface area contributed by atoms with Crippen LogP contribution in [-0.2, 0) is 44.6 Å². The van der Waals surface area contributed by atoms with E-state index in [2.05, 4.69) is 117 Å². The van der Waals surface area contributed by atoms with Crippen LogP contribution in [0.3, 0.4) is 0 Å². The molecule has 0 amide bonds. The molecule has 4 saturated heterocycles. The maximum atomic E-state index is 5.65. The second kappa shape index (κ2) is 31.5. The number of morpholine rings is 4. The first kappa shape index (κ1) is 55.5. The summed E-state index contributed by atoms with van der Waals surface area (Å²) >= 11 is 0. The zero-order valence-corrected chi connectivity index (χ0v) is 44.4. The summed E-state index contributed by atoms with van der Waals surface area (Å²) in [6.07, 6.45) is 9.27. The van der Waals surface area contributed by atoms with Gasteiger partial charge in [0.05, 0.1) is 81.3 Å². The van der Waals surface area contributed by atoms with Crippen molar-refractivity contribution in [1.82, 2.24) is 19.6 Å². The Labute approximate surface area is 433 Å². The Bertz CT molecular complexity index is 1870. The van der Waals surface area contributed by atoms with Gasteiger partial charge < -0.3 is 37.9 Å². The van der Waals surface area contributed by atoms with Gasteiger partial charge in [0.25, 0.3) is 0 Å². The van der Waals surface area contributed by atoms with Crippen molar-refractivity contribution in [3.8, 4) is 23.0 Å². The molecule has 12 nitrogen and oxygen atoms in total. The largest absolute Gasteiger partial charge is 0.497 e. The molecule has 4 heterocycles. The molecule has 4 aromatic carbocycles. The zero-order chi connectivity index (χ0) is 50.0. The molecule has 0 spiro atoms. The van der Waals surface area contributed by atoms with E-state index in [-0.39, 0.29) is 0 Å². The van der Waals surface area contributed by atoms with Gasteiger partial charge in [-0.25, -0.2) is 0 Å². The molecule has 0 N–H and O–H groups in total. The quantitative estimate of drug-likeness (QED) is 0.0607.